The molecule has 0 aliphatic heterocycles. The number of hydrogen-bond donors (Lipinski definition) is 0. The monoisotopic (exact) mass is 109 g/mol. The van der Waals surface area contributed by atoms with E-state index in [4.69, 9.17) is 0 Å². The summed E-state index contributed by atoms with van der Waals surface area (Å²) in [7, 11) is 0. The Morgan fingerprint density at radius 3 is 2.50 bits per heavy atom. The van der Waals surface area contributed by atoms with Crippen molar-refractivity contribution in [3.63, 3.8) is 0 Å². The van der Waals surface area contributed by atoms with Crippen molar-refractivity contribution >= 4 is 0 Å². The van der Waals surface area contributed by atoms with Gasteiger partial charge in [-0.3, -0.25) is 0 Å². The van der Waals surface area contributed by atoms with Gasteiger partial charge < -0.3 is 0 Å². The lowest BCUT2D eigenvalue weighted by Crippen LogP contribution is -1.84. The summed E-state index contributed by atoms with van der Waals surface area (Å²) in [4.78, 5) is 0. The molecule has 0 atom stereocenters. The summed E-state index contributed by atoms with van der Waals surface area (Å²) < 4.78 is 0. The van der Waals surface area contributed by atoms with E-state index >= 15 is 0 Å². The predicted octanol–water partition coefficient (Wildman–Crippen LogP) is 2.26. The first-order chi connectivity index (χ1) is 3.77. The van der Waals surface area contributed by atoms with Gasteiger partial charge in [0.25, 0.3) is 0 Å². The molecule has 0 amide bonds. The van der Waals surface area contributed by atoms with Gasteiger partial charge in [-0.15, -0.1) is 11.8 Å². The van der Waals surface area contributed by atoms with Crippen LogP contribution in [-0.4, -0.2) is 0 Å². The minimum Gasteiger partial charge on any atom is -0.107 e. The van der Waals surface area contributed by atoms with Gasteiger partial charge in [0.15, 0.2) is 0 Å². The molecule has 0 heteroatoms. The van der Waals surface area contributed by atoms with E-state index in [9.17, 15) is 0 Å². The Bertz CT molecular complexity index is 90.3. The summed E-state index contributed by atoms with van der Waals surface area (Å²) in [6.07, 6.45) is 3.14. The summed E-state index contributed by atoms with van der Waals surface area (Å²) >= 11 is 0. The third-order valence-electron chi connectivity index (χ3n) is 0.868. The molecule has 1 radical (unpaired) electrons. The highest BCUT2D eigenvalue weighted by atomic mass is 13.9. The van der Waals surface area contributed by atoms with E-state index in [1.165, 1.54) is 0 Å². The van der Waals surface area contributed by atoms with E-state index in [0.717, 1.165) is 6.42 Å². The Balaban J connectivity index is 3.01. The lowest BCUT2D eigenvalue weighted by Gasteiger charge is -1.95. The van der Waals surface area contributed by atoms with Crippen molar-refractivity contribution in [1.82, 2.24) is 0 Å². The van der Waals surface area contributed by atoms with Crippen LogP contribution in [0.5, 0.6) is 0 Å². The summed E-state index contributed by atoms with van der Waals surface area (Å²) in [5.41, 5.74) is 0. The van der Waals surface area contributed by atoms with Crippen molar-refractivity contribution in [2.24, 2.45) is 5.92 Å². The van der Waals surface area contributed by atoms with E-state index in [1.54, 1.807) is 0 Å². The Labute approximate surface area is 52.3 Å². The van der Waals surface area contributed by atoms with Crippen LogP contribution in [0.25, 0.3) is 0 Å². The summed E-state index contributed by atoms with van der Waals surface area (Å²) in [6.45, 7) is 6.20. The van der Waals surface area contributed by atoms with Crippen LogP contribution in [0.15, 0.2) is 0 Å². The lowest BCUT2D eigenvalue weighted by atomic mass is 10.1. The molecule has 0 heterocycles. The quantitative estimate of drug-likeness (QED) is 0.477. The van der Waals surface area contributed by atoms with Crippen LogP contribution in [-0.2, 0) is 0 Å². The van der Waals surface area contributed by atoms with Gasteiger partial charge in [0.2, 0.25) is 0 Å². The molecule has 0 spiro atoms. The molecule has 0 aromatic rings. The molecular formula is C8H13. The molecule has 0 aliphatic carbocycles. The van der Waals surface area contributed by atoms with Crippen molar-refractivity contribution in [1.29, 1.82) is 0 Å². The third kappa shape index (κ3) is 5.56. The topological polar surface area (TPSA) is 0 Å². The molecule has 0 rings (SSSR count). The van der Waals surface area contributed by atoms with Gasteiger partial charge in [0, 0.05) is 6.42 Å². The molecule has 0 saturated carbocycles. The zero-order valence-electron chi connectivity index (χ0n) is 5.86. The smallest absolute Gasteiger partial charge is 0.0122 e. The van der Waals surface area contributed by atoms with Crippen molar-refractivity contribution in [3.8, 4) is 11.8 Å². The van der Waals surface area contributed by atoms with E-state index < -0.39 is 0 Å². The van der Waals surface area contributed by atoms with E-state index in [2.05, 4.69) is 32.1 Å². The van der Waals surface area contributed by atoms with Crippen molar-refractivity contribution in [2.75, 3.05) is 0 Å². The second-order valence-electron chi connectivity index (χ2n) is 2.11. The Kier molecular flexibility index (Phi) is 4.45. The average Bonchev–Trinajstić information content (AvgIpc) is 1.66. The van der Waals surface area contributed by atoms with Gasteiger partial charge in [0.1, 0.15) is 0 Å². The first-order valence-corrected chi connectivity index (χ1v) is 3.00. The van der Waals surface area contributed by atoms with Crippen molar-refractivity contribution in [3.05, 3.63) is 6.42 Å². The summed E-state index contributed by atoms with van der Waals surface area (Å²) in [5, 5.41) is 0. The van der Waals surface area contributed by atoms with Gasteiger partial charge in [0.05, 0.1) is 0 Å². The van der Waals surface area contributed by atoms with Crippen LogP contribution in [0.4, 0.5) is 0 Å². The lowest BCUT2D eigenvalue weighted by molar-refractivity contribution is 0.743. The fourth-order valence-electron chi connectivity index (χ4n) is 0.397. The molecule has 0 unspecified atom stereocenters. The highest BCUT2D eigenvalue weighted by Crippen LogP contribution is 1.99. The standard InChI is InChI=1S/C8H13/c1-4-5-6-7-8(2)3/h7-8H,6H2,1-3H3. The van der Waals surface area contributed by atoms with Crippen molar-refractivity contribution in [2.45, 2.75) is 27.2 Å². The first kappa shape index (κ1) is 7.56. The van der Waals surface area contributed by atoms with Crippen LogP contribution in [0.2, 0.25) is 0 Å². The molecule has 0 aromatic carbocycles. The maximum atomic E-state index is 2.97. The second kappa shape index (κ2) is 4.71. The SMILES string of the molecule is CC#CC[CH]C(C)C. The molecule has 0 aromatic heterocycles. The maximum absolute atomic E-state index is 2.97. The van der Waals surface area contributed by atoms with Gasteiger partial charge in [-0.05, 0) is 19.3 Å². The molecule has 45 valence electrons. The largest absolute Gasteiger partial charge is 0.107 e. The molecule has 0 N–H and O–H groups in total. The van der Waals surface area contributed by atoms with Crippen molar-refractivity contribution < 1.29 is 0 Å². The summed E-state index contributed by atoms with van der Waals surface area (Å²) in [6, 6.07) is 0. The Morgan fingerprint density at radius 2 is 2.12 bits per heavy atom. The van der Waals surface area contributed by atoms with Crippen LogP contribution in [0, 0.1) is 24.2 Å². The zero-order valence-corrected chi connectivity index (χ0v) is 5.86. The predicted molar refractivity (Wildman–Crippen MR) is 37.2 cm³/mol. The van der Waals surface area contributed by atoms with Crippen LogP contribution in [0.3, 0.4) is 0 Å². The molecule has 0 nitrogen and oxygen atoms in total. The highest BCUT2D eigenvalue weighted by Gasteiger charge is 1.88. The fraction of sp³-hybridized carbons (Fsp3) is 0.625. The van der Waals surface area contributed by atoms with E-state index in [-0.39, 0.29) is 0 Å². The third-order valence-corrected chi connectivity index (χ3v) is 0.868. The molecule has 0 aliphatic rings. The summed E-state index contributed by atoms with van der Waals surface area (Å²) in [5.74, 6) is 6.49. The highest BCUT2D eigenvalue weighted by molar-refractivity contribution is 4.99. The van der Waals surface area contributed by atoms with Gasteiger partial charge >= 0.3 is 0 Å². The zero-order chi connectivity index (χ0) is 6.41. The first-order valence-electron chi connectivity index (χ1n) is 3.00. The maximum Gasteiger partial charge on any atom is 0.0122 e. The molecule has 0 fully saturated rings. The molecule has 0 bridgehead atoms. The molecular weight excluding hydrogens is 96.1 g/mol. The van der Waals surface area contributed by atoms with Crippen LogP contribution < -0.4 is 0 Å². The van der Waals surface area contributed by atoms with Gasteiger partial charge in [-0.2, -0.15) is 0 Å². The Morgan fingerprint density at radius 1 is 1.50 bits per heavy atom. The van der Waals surface area contributed by atoms with Gasteiger partial charge in [-0.1, -0.05) is 13.8 Å². The minimum absolute atomic E-state index is 0.677. The average molecular weight is 109 g/mol. The number of rotatable bonds is 2. The number of hydrogen-bond acceptors (Lipinski definition) is 0. The normalized spacial score (nSPS) is 8.50. The van der Waals surface area contributed by atoms with E-state index in [1.807, 2.05) is 6.92 Å². The van der Waals surface area contributed by atoms with Crippen LogP contribution in [0.1, 0.15) is 27.2 Å². The molecule has 8 heavy (non-hydrogen) atoms. The fourth-order valence-corrected chi connectivity index (χ4v) is 0.397. The van der Waals surface area contributed by atoms with E-state index in [0.29, 0.717) is 5.92 Å². The Hall–Kier alpha value is -0.440. The minimum atomic E-state index is 0.677. The van der Waals surface area contributed by atoms with Gasteiger partial charge in [-0.25, -0.2) is 0 Å². The second-order valence-corrected chi connectivity index (χ2v) is 2.11. The van der Waals surface area contributed by atoms with Crippen LogP contribution >= 0.6 is 0 Å². The molecule has 0 saturated heterocycles.